The molecule has 0 unspecified atom stereocenters. The minimum atomic E-state index is -0.165. The molecular weight excluding hydrogens is 439 g/mol. The molecule has 0 saturated carbocycles. The molecule has 5 nitrogen and oxygen atoms in total. The van der Waals surface area contributed by atoms with Crippen LogP contribution in [0.3, 0.4) is 0 Å². The van der Waals surface area contributed by atoms with Crippen molar-refractivity contribution in [1.29, 1.82) is 0 Å². The van der Waals surface area contributed by atoms with Crippen LogP contribution in [0.4, 0.5) is 11.5 Å². The van der Waals surface area contributed by atoms with E-state index < -0.39 is 0 Å². The number of nitrogens with one attached hydrogen (secondary N) is 2. The van der Waals surface area contributed by atoms with Gasteiger partial charge in [0.05, 0.1) is 21.1 Å². The Balaban J connectivity index is 1.51. The van der Waals surface area contributed by atoms with Gasteiger partial charge in [0.15, 0.2) is 0 Å². The van der Waals surface area contributed by atoms with Gasteiger partial charge in [0.25, 0.3) is 0 Å². The summed E-state index contributed by atoms with van der Waals surface area (Å²) < 4.78 is 0. The fraction of sp³-hybridized carbons (Fsp3) is 0.136. The number of amides is 1. The van der Waals surface area contributed by atoms with Crippen molar-refractivity contribution in [2.75, 3.05) is 17.2 Å². The van der Waals surface area contributed by atoms with Gasteiger partial charge in [0, 0.05) is 23.4 Å². The summed E-state index contributed by atoms with van der Waals surface area (Å²) in [6, 6.07) is 15.3. The molecule has 4 aromatic rings. The van der Waals surface area contributed by atoms with E-state index in [-0.39, 0.29) is 12.3 Å². The molecule has 0 aliphatic carbocycles. The van der Waals surface area contributed by atoms with Crippen molar-refractivity contribution in [3.63, 3.8) is 0 Å². The molecule has 2 heterocycles. The number of thiophene rings is 1. The maximum absolute atomic E-state index is 12.3. The summed E-state index contributed by atoms with van der Waals surface area (Å²) in [7, 11) is 0. The first kappa shape index (κ1) is 20.6. The minimum Gasteiger partial charge on any atom is -0.369 e. The fourth-order valence-corrected chi connectivity index (χ4v) is 4.60. The number of nitrogens with zero attached hydrogens (tertiary/aromatic N) is 2. The summed E-state index contributed by atoms with van der Waals surface area (Å²) in [5.41, 5.74) is 2.74. The SMILES string of the molecule is Cc1sc2ncnc(NCCC(=O)Nc3cccc(Cl)c3Cl)c2c1-c1ccccc1. The van der Waals surface area contributed by atoms with Gasteiger partial charge in [-0.05, 0) is 24.6 Å². The number of fused-ring (bicyclic) bond motifs is 1. The second-order valence-electron chi connectivity index (χ2n) is 6.63. The lowest BCUT2D eigenvalue weighted by molar-refractivity contribution is -0.115. The molecule has 4 rings (SSSR count). The van der Waals surface area contributed by atoms with Crippen LogP contribution in [0.25, 0.3) is 21.3 Å². The molecule has 0 aliphatic heterocycles. The Morgan fingerprint density at radius 2 is 1.87 bits per heavy atom. The van der Waals surface area contributed by atoms with Crippen LogP contribution in [0.5, 0.6) is 0 Å². The molecule has 0 radical (unpaired) electrons. The summed E-state index contributed by atoms with van der Waals surface area (Å²) in [5, 5.41) is 7.79. The minimum absolute atomic E-state index is 0.165. The number of halogens is 2. The van der Waals surface area contributed by atoms with Gasteiger partial charge < -0.3 is 10.6 Å². The highest BCUT2D eigenvalue weighted by Crippen LogP contribution is 2.40. The van der Waals surface area contributed by atoms with Crippen molar-refractivity contribution >= 4 is 62.2 Å². The Kier molecular flexibility index (Phi) is 6.18. The van der Waals surface area contributed by atoms with Crippen LogP contribution in [-0.4, -0.2) is 22.4 Å². The fourth-order valence-electron chi connectivity index (χ4n) is 3.24. The highest BCUT2D eigenvalue weighted by molar-refractivity contribution is 7.19. The van der Waals surface area contributed by atoms with Gasteiger partial charge in [0.1, 0.15) is 17.0 Å². The van der Waals surface area contributed by atoms with Gasteiger partial charge >= 0.3 is 0 Å². The van der Waals surface area contributed by atoms with Crippen molar-refractivity contribution in [3.05, 3.63) is 69.8 Å². The molecule has 30 heavy (non-hydrogen) atoms. The van der Waals surface area contributed by atoms with Gasteiger partial charge in [0.2, 0.25) is 5.91 Å². The van der Waals surface area contributed by atoms with E-state index in [9.17, 15) is 4.79 Å². The average molecular weight is 457 g/mol. The van der Waals surface area contributed by atoms with Gasteiger partial charge in [-0.15, -0.1) is 11.3 Å². The molecule has 2 aromatic carbocycles. The zero-order chi connectivity index (χ0) is 21.1. The van der Waals surface area contributed by atoms with Crippen LogP contribution in [0.1, 0.15) is 11.3 Å². The second kappa shape index (κ2) is 9.00. The predicted octanol–water partition coefficient (Wildman–Crippen LogP) is 6.41. The van der Waals surface area contributed by atoms with Crippen LogP contribution in [-0.2, 0) is 4.79 Å². The number of hydrogen-bond donors (Lipinski definition) is 2. The summed E-state index contributed by atoms with van der Waals surface area (Å²) in [5.74, 6) is 0.554. The largest absolute Gasteiger partial charge is 0.369 e. The summed E-state index contributed by atoms with van der Waals surface area (Å²) >= 11 is 13.8. The van der Waals surface area contributed by atoms with Crippen LogP contribution in [0, 0.1) is 6.92 Å². The molecule has 0 aliphatic rings. The molecule has 2 aromatic heterocycles. The maximum atomic E-state index is 12.3. The molecule has 0 fully saturated rings. The molecule has 152 valence electrons. The van der Waals surface area contributed by atoms with E-state index in [1.165, 1.54) is 4.88 Å². The van der Waals surface area contributed by atoms with E-state index in [0.717, 1.165) is 27.2 Å². The van der Waals surface area contributed by atoms with Crippen LogP contribution >= 0.6 is 34.5 Å². The topological polar surface area (TPSA) is 66.9 Å². The third kappa shape index (κ3) is 4.26. The van der Waals surface area contributed by atoms with Crippen molar-refractivity contribution in [3.8, 4) is 11.1 Å². The number of aryl methyl sites for hydroxylation is 1. The van der Waals surface area contributed by atoms with E-state index in [1.807, 2.05) is 18.2 Å². The third-order valence-corrected chi connectivity index (χ3v) is 6.43. The van der Waals surface area contributed by atoms with Crippen molar-refractivity contribution in [2.24, 2.45) is 0 Å². The first-order chi connectivity index (χ1) is 14.5. The molecule has 0 spiro atoms. The molecule has 2 N–H and O–H groups in total. The lowest BCUT2D eigenvalue weighted by Gasteiger charge is -2.10. The number of anilines is 2. The Morgan fingerprint density at radius 1 is 1.07 bits per heavy atom. The number of rotatable bonds is 6. The zero-order valence-electron chi connectivity index (χ0n) is 16.1. The van der Waals surface area contributed by atoms with Crippen LogP contribution < -0.4 is 10.6 Å². The van der Waals surface area contributed by atoms with Crippen molar-refractivity contribution < 1.29 is 4.79 Å². The smallest absolute Gasteiger partial charge is 0.226 e. The Hall–Kier alpha value is -2.67. The van der Waals surface area contributed by atoms with Crippen molar-refractivity contribution in [2.45, 2.75) is 13.3 Å². The summed E-state index contributed by atoms with van der Waals surface area (Å²) in [6.45, 7) is 2.50. The highest BCUT2D eigenvalue weighted by Gasteiger charge is 2.16. The Labute approximate surface area is 188 Å². The molecule has 0 atom stereocenters. The number of carbonyl (C=O) groups excluding carboxylic acids is 1. The second-order valence-corrected chi connectivity index (χ2v) is 8.62. The van der Waals surface area contributed by atoms with Gasteiger partial charge in [-0.1, -0.05) is 59.6 Å². The number of carbonyl (C=O) groups is 1. The van der Waals surface area contributed by atoms with E-state index in [0.29, 0.717) is 22.3 Å². The Bertz CT molecular complexity index is 1210. The molecule has 0 saturated heterocycles. The summed E-state index contributed by atoms with van der Waals surface area (Å²) in [6.07, 6.45) is 1.79. The van der Waals surface area contributed by atoms with Crippen LogP contribution in [0.2, 0.25) is 10.0 Å². The molecular formula is C22H18Cl2N4OS. The van der Waals surface area contributed by atoms with Gasteiger partial charge in [-0.3, -0.25) is 4.79 Å². The van der Waals surface area contributed by atoms with Crippen molar-refractivity contribution in [1.82, 2.24) is 9.97 Å². The Morgan fingerprint density at radius 3 is 2.67 bits per heavy atom. The van der Waals surface area contributed by atoms with E-state index >= 15 is 0 Å². The standard InChI is InChI=1S/C22H18Cl2N4OS/c1-13-18(14-6-3-2-4-7-14)19-21(26-12-27-22(19)30-13)25-11-10-17(29)28-16-9-5-8-15(23)20(16)24/h2-9,12H,10-11H2,1H3,(H,28,29)(H,25,26,27). The third-order valence-electron chi connectivity index (χ3n) is 4.60. The van der Waals surface area contributed by atoms with Crippen LogP contribution in [0.15, 0.2) is 54.9 Å². The van der Waals surface area contributed by atoms with Gasteiger partial charge in [-0.2, -0.15) is 0 Å². The lowest BCUT2D eigenvalue weighted by atomic mass is 10.0. The van der Waals surface area contributed by atoms with Gasteiger partial charge in [-0.25, -0.2) is 9.97 Å². The monoisotopic (exact) mass is 456 g/mol. The summed E-state index contributed by atoms with van der Waals surface area (Å²) in [4.78, 5) is 23.3. The quantitative estimate of drug-likeness (QED) is 0.351. The average Bonchev–Trinajstić information content (AvgIpc) is 3.08. The molecule has 0 bridgehead atoms. The first-order valence-corrected chi connectivity index (χ1v) is 10.9. The zero-order valence-corrected chi connectivity index (χ0v) is 18.4. The first-order valence-electron chi connectivity index (χ1n) is 9.32. The molecule has 1 amide bonds. The maximum Gasteiger partial charge on any atom is 0.226 e. The van der Waals surface area contributed by atoms with E-state index in [2.05, 4.69) is 39.7 Å². The number of hydrogen-bond acceptors (Lipinski definition) is 5. The molecule has 8 heteroatoms. The lowest BCUT2D eigenvalue weighted by Crippen LogP contribution is -2.17. The van der Waals surface area contributed by atoms with E-state index in [4.69, 9.17) is 23.2 Å². The normalized spacial score (nSPS) is 10.9. The number of aromatic nitrogens is 2. The predicted molar refractivity (Wildman–Crippen MR) is 126 cm³/mol. The highest BCUT2D eigenvalue weighted by atomic mass is 35.5. The number of benzene rings is 2. The van der Waals surface area contributed by atoms with E-state index in [1.54, 1.807) is 35.9 Å².